The van der Waals surface area contributed by atoms with E-state index in [4.69, 9.17) is 34.2 Å². The Bertz CT molecular complexity index is 451. The Kier molecular flexibility index (Phi) is 4.40. The molecule has 0 heterocycles. The van der Waals surface area contributed by atoms with Gasteiger partial charge in [0.2, 0.25) is 0 Å². The predicted octanol–water partition coefficient (Wildman–Crippen LogP) is 3.20. The van der Waals surface area contributed by atoms with Crippen LogP contribution >= 0.6 is 39.1 Å². The van der Waals surface area contributed by atoms with Crippen molar-refractivity contribution in [3.8, 4) is 6.07 Å². The van der Waals surface area contributed by atoms with Crippen molar-refractivity contribution in [3.05, 3.63) is 27.2 Å². The Hall–Kier alpha value is -0.760. The maximum absolute atomic E-state index is 8.88. The highest BCUT2D eigenvalue weighted by molar-refractivity contribution is 9.10. The minimum atomic E-state index is 0.0945. The third-order valence-corrected chi connectivity index (χ3v) is 2.56. The van der Waals surface area contributed by atoms with Gasteiger partial charge in [-0.3, -0.25) is 0 Å². The SMILES string of the molecule is N#Cc1cc(Br)cc(Cl)c1N=C(N)CCl. The zero-order chi connectivity index (χ0) is 11.4. The summed E-state index contributed by atoms with van der Waals surface area (Å²) in [6.45, 7) is 0. The van der Waals surface area contributed by atoms with E-state index in [-0.39, 0.29) is 11.7 Å². The Morgan fingerprint density at radius 2 is 2.27 bits per heavy atom. The summed E-state index contributed by atoms with van der Waals surface area (Å²) in [5.41, 5.74) is 6.17. The number of nitriles is 1. The lowest BCUT2D eigenvalue weighted by Gasteiger charge is -2.03. The van der Waals surface area contributed by atoms with Crippen LogP contribution in [0.4, 0.5) is 5.69 Å². The van der Waals surface area contributed by atoms with E-state index in [1.165, 1.54) is 0 Å². The molecule has 0 atom stereocenters. The first-order valence-corrected chi connectivity index (χ1v) is 5.57. The van der Waals surface area contributed by atoms with E-state index in [1.54, 1.807) is 12.1 Å². The molecule has 0 aliphatic rings. The van der Waals surface area contributed by atoms with Crippen molar-refractivity contribution in [2.24, 2.45) is 10.7 Å². The maximum atomic E-state index is 8.88. The average molecular weight is 307 g/mol. The van der Waals surface area contributed by atoms with E-state index in [2.05, 4.69) is 20.9 Å². The fourth-order valence-corrected chi connectivity index (χ4v) is 1.85. The third kappa shape index (κ3) is 3.10. The largest absolute Gasteiger partial charge is 0.386 e. The second-order valence-corrected chi connectivity index (χ2v) is 4.22. The fourth-order valence-electron chi connectivity index (χ4n) is 0.938. The molecule has 0 aromatic heterocycles. The first-order valence-electron chi connectivity index (χ1n) is 3.86. The second-order valence-electron chi connectivity index (χ2n) is 2.63. The van der Waals surface area contributed by atoms with Gasteiger partial charge in [-0.2, -0.15) is 5.26 Å². The first kappa shape index (κ1) is 12.3. The van der Waals surface area contributed by atoms with Crippen molar-refractivity contribution in [2.45, 2.75) is 0 Å². The summed E-state index contributed by atoms with van der Waals surface area (Å²) < 4.78 is 0.715. The number of hydrogen-bond donors (Lipinski definition) is 1. The highest BCUT2D eigenvalue weighted by Crippen LogP contribution is 2.32. The first-order chi connectivity index (χ1) is 7.08. The summed E-state index contributed by atoms with van der Waals surface area (Å²) >= 11 is 14.6. The summed E-state index contributed by atoms with van der Waals surface area (Å²) in [4.78, 5) is 3.98. The van der Waals surface area contributed by atoms with Crippen molar-refractivity contribution in [1.82, 2.24) is 0 Å². The van der Waals surface area contributed by atoms with E-state index >= 15 is 0 Å². The quantitative estimate of drug-likeness (QED) is 0.518. The van der Waals surface area contributed by atoms with Gasteiger partial charge in [-0.1, -0.05) is 27.5 Å². The molecule has 1 rings (SSSR count). The molecule has 0 amide bonds. The predicted molar refractivity (Wildman–Crippen MR) is 65.9 cm³/mol. The van der Waals surface area contributed by atoms with Gasteiger partial charge in [0, 0.05) is 4.47 Å². The summed E-state index contributed by atoms with van der Waals surface area (Å²) in [7, 11) is 0. The van der Waals surface area contributed by atoms with Crippen LogP contribution in [0.25, 0.3) is 0 Å². The number of halogens is 3. The van der Waals surface area contributed by atoms with E-state index < -0.39 is 0 Å². The number of aliphatic imine (C=N–C) groups is 1. The lowest BCUT2D eigenvalue weighted by atomic mass is 10.2. The number of nitrogens with zero attached hydrogens (tertiary/aromatic N) is 2. The average Bonchev–Trinajstić information content (AvgIpc) is 2.21. The molecule has 2 N–H and O–H groups in total. The smallest absolute Gasteiger partial charge is 0.115 e. The van der Waals surface area contributed by atoms with Crippen molar-refractivity contribution in [1.29, 1.82) is 5.26 Å². The monoisotopic (exact) mass is 305 g/mol. The molecule has 0 unspecified atom stereocenters. The lowest BCUT2D eigenvalue weighted by molar-refractivity contribution is 1.40. The van der Waals surface area contributed by atoms with Crippen LogP contribution in [0.2, 0.25) is 5.02 Å². The molecule has 15 heavy (non-hydrogen) atoms. The number of rotatable bonds is 2. The van der Waals surface area contributed by atoms with Gasteiger partial charge in [-0.15, -0.1) is 11.6 Å². The van der Waals surface area contributed by atoms with Crippen LogP contribution in [0.1, 0.15) is 5.56 Å². The number of nitrogens with two attached hydrogens (primary N) is 1. The van der Waals surface area contributed by atoms with Crippen LogP contribution in [-0.2, 0) is 0 Å². The standard InChI is InChI=1S/C9H6BrCl2N3/c10-6-1-5(4-13)9(7(12)2-6)15-8(14)3-11/h1-2H,3H2,(H2,14,15). The van der Waals surface area contributed by atoms with Gasteiger partial charge in [0.25, 0.3) is 0 Å². The molecule has 0 radical (unpaired) electrons. The molecule has 0 aliphatic carbocycles. The molecule has 0 saturated carbocycles. The molecule has 0 fully saturated rings. The van der Waals surface area contributed by atoms with Crippen molar-refractivity contribution in [3.63, 3.8) is 0 Å². The number of amidine groups is 1. The zero-order valence-electron chi connectivity index (χ0n) is 7.47. The van der Waals surface area contributed by atoms with Gasteiger partial charge < -0.3 is 5.73 Å². The lowest BCUT2D eigenvalue weighted by Crippen LogP contribution is -2.12. The normalized spacial score (nSPS) is 11.2. The van der Waals surface area contributed by atoms with E-state index in [1.807, 2.05) is 6.07 Å². The fraction of sp³-hybridized carbons (Fsp3) is 0.111. The van der Waals surface area contributed by atoms with Crippen molar-refractivity contribution in [2.75, 3.05) is 5.88 Å². The highest BCUT2D eigenvalue weighted by Gasteiger charge is 2.08. The molecule has 0 saturated heterocycles. The summed E-state index contributed by atoms with van der Waals surface area (Å²) in [5.74, 6) is 0.314. The van der Waals surface area contributed by atoms with Crippen LogP contribution in [0.15, 0.2) is 21.6 Å². The Morgan fingerprint density at radius 1 is 1.60 bits per heavy atom. The zero-order valence-corrected chi connectivity index (χ0v) is 10.6. The topological polar surface area (TPSA) is 62.2 Å². The van der Waals surface area contributed by atoms with Crippen LogP contribution < -0.4 is 5.73 Å². The molecular weight excluding hydrogens is 301 g/mol. The summed E-state index contributed by atoms with van der Waals surface area (Å²) in [5, 5.41) is 9.24. The van der Waals surface area contributed by atoms with Crippen LogP contribution in [0, 0.1) is 11.3 Å². The number of benzene rings is 1. The molecule has 0 aliphatic heterocycles. The summed E-state index contributed by atoms with van der Waals surface area (Å²) in [6, 6.07) is 5.25. The number of hydrogen-bond acceptors (Lipinski definition) is 2. The minimum Gasteiger partial charge on any atom is -0.386 e. The Morgan fingerprint density at radius 3 is 2.80 bits per heavy atom. The van der Waals surface area contributed by atoms with Gasteiger partial charge in [0.05, 0.1) is 16.5 Å². The van der Waals surface area contributed by atoms with Gasteiger partial charge in [0.1, 0.15) is 17.6 Å². The van der Waals surface area contributed by atoms with E-state index in [0.29, 0.717) is 20.7 Å². The molecule has 6 heteroatoms. The van der Waals surface area contributed by atoms with E-state index in [0.717, 1.165) is 0 Å². The van der Waals surface area contributed by atoms with Gasteiger partial charge in [0.15, 0.2) is 0 Å². The molecule has 0 bridgehead atoms. The molecular formula is C9H6BrCl2N3. The van der Waals surface area contributed by atoms with Crippen LogP contribution in [0.5, 0.6) is 0 Å². The number of alkyl halides is 1. The van der Waals surface area contributed by atoms with Crippen molar-refractivity contribution >= 4 is 50.7 Å². The molecule has 3 nitrogen and oxygen atoms in total. The van der Waals surface area contributed by atoms with Gasteiger partial charge in [-0.05, 0) is 12.1 Å². The van der Waals surface area contributed by atoms with Crippen LogP contribution in [-0.4, -0.2) is 11.7 Å². The maximum Gasteiger partial charge on any atom is 0.115 e. The van der Waals surface area contributed by atoms with Gasteiger partial charge >= 0.3 is 0 Å². The van der Waals surface area contributed by atoms with Crippen molar-refractivity contribution < 1.29 is 0 Å². The summed E-state index contributed by atoms with van der Waals surface area (Å²) in [6.07, 6.45) is 0. The minimum absolute atomic E-state index is 0.0945. The molecule has 1 aromatic rings. The van der Waals surface area contributed by atoms with Gasteiger partial charge in [-0.25, -0.2) is 4.99 Å². The molecule has 78 valence electrons. The highest BCUT2D eigenvalue weighted by atomic mass is 79.9. The Balaban J connectivity index is 3.35. The Labute approximate surface area is 106 Å². The van der Waals surface area contributed by atoms with E-state index in [9.17, 15) is 0 Å². The third-order valence-electron chi connectivity index (χ3n) is 1.54. The molecule has 0 spiro atoms. The molecule has 1 aromatic carbocycles. The second kappa shape index (κ2) is 5.36. The van der Waals surface area contributed by atoms with Crippen LogP contribution in [0.3, 0.4) is 0 Å².